The molecule has 156 valence electrons. The predicted octanol–water partition coefficient (Wildman–Crippen LogP) is 3.69. The normalized spacial score (nSPS) is 10.7. The summed E-state index contributed by atoms with van der Waals surface area (Å²) >= 11 is 1.26. The number of aryl methyl sites for hydroxylation is 2. The number of thioether (sulfide) groups is 1. The first-order valence-corrected chi connectivity index (χ1v) is 10.3. The summed E-state index contributed by atoms with van der Waals surface area (Å²) in [7, 11) is 0. The van der Waals surface area contributed by atoms with Crippen molar-refractivity contribution >= 4 is 23.6 Å². The number of rotatable bonds is 7. The molecular formula is C21H20FN3O4S. The zero-order chi connectivity index (χ0) is 21.7. The standard InChI is InChI=1S/C21H20FN3O4S/c1-12-6-7-14(9-15(12)22)10-23-17(26)11-29-21(27)18-13(2)24-19(25-20(18)30-3)16-5-4-8-28-16/h4-9H,10-11H2,1-3H3,(H,23,26). The minimum absolute atomic E-state index is 0.129. The van der Waals surface area contributed by atoms with Crippen LogP contribution < -0.4 is 5.32 Å². The molecule has 1 amide bonds. The second kappa shape index (κ2) is 9.53. The van der Waals surface area contributed by atoms with Gasteiger partial charge in [-0.2, -0.15) is 0 Å². The zero-order valence-electron chi connectivity index (χ0n) is 16.7. The van der Waals surface area contributed by atoms with Gasteiger partial charge in [-0.15, -0.1) is 11.8 Å². The first-order valence-electron chi connectivity index (χ1n) is 9.04. The van der Waals surface area contributed by atoms with E-state index in [0.29, 0.717) is 33.4 Å². The third kappa shape index (κ3) is 5.04. The Morgan fingerprint density at radius 3 is 2.70 bits per heavy atom. The maximum Gasteiger partial charge on any atom is 0.343 e. The average molecular weight is 429 g/mol. The van der Waals surface area contributed by atoms with E-state index in [1.165, 1.54) is 24.1 Å². The van der Waals surface area contributed by atoms with Crippen LogP contribution >= 0.6 is 11.8 Å². The summed E-state index contributed by atoms with van der Waals surface area (Å²) in [5.41, 5.74) is 1.76. The molecule has 0 spiro atoms. The monoisotopic (exact) mass is 429 g/mol. The summed E-state index contributed by atoms with van der Waals surface area (Å²) in [6, 6.07) is 8.15. The van der Waals surface area contributed by atoms with E-state index in [1.54, 1.807) is 44.4 Å². The van der Waals surface area contributed by atoms with Gasteiger partial charge in [0.1, 0.15) is 16.4 Å². The number of carbonyl (C=O) groups excluding carboxylic acids is 2. The van der Waals surface area contributed by atoms with Gasteiger partial charge in [0, 0.05) is 6.54 Å². The van der Waals surface area contributed by atoms with Crippen molar-refractivity contribution in [1.82, 2.24) is 15.3 Å². The van der Waals surface area contributed by atoms with Gasteiger partial charge in [0.25, 0.3) is 5.91 Å². The molecule has 0 saturated heterocycles. The first kappa shape index (κ1) is 21.5. The minimum atomic E-state index is -0.695. The van der Waals surface area contributed by atoms with Gasteiger partial charge in [-0.05, 0) is 49.4 Å². The summed E-state index contributed by atoms with van der Waals surface area (Å²) < 4.78 is 24.0. The van der Waals surface area contributed by atoms with Crippen LogP contribution in [0.2, 0.25) is 0 Å². The quantitative estimate of drug-likeness (QED) is 0.348. The number of halogens is 1. The lowest BCUT2D eigenvalue weighted by molar-refractivity contribution is -0.124. The van der Waals surface area contributed by atoms with Crippen molar-refractivity contribution in [3.63, 3.8) is 0 Å². The SMILES string of the molecule is CSc1nc(-c2ccco2)nc(C)c1C(=O)OCC(=O)NCc1ccc(C)c(F)c1. The van der Waals surface area contributed by atoms with Gasteiger partial charge in [-0.3, -0.25) is 4.79 Å². The molecule has 0 radical (unpaired) electrons. The summed E-state index contributed by atoms with van der Waals surface area (Å²) in [4.78, 5) is 33.2. The molecule has 0 bridgehead atoms. The number of aromatic nitrogens is 2. The van der Waals surface area contributed by atoms with E-state index >= 15 is 0 Å². The van der Waals surface area contributed by atoms with Gasteiger partial charge >= 0.3 is 5.97 Å². The molecule has 0 aliphatic carbocycles. The van der Waals surface area contributed by atoms with Crippen molar-refractivity contribution in [1.29, 1.82) is 0 Å². The largest absolute Gasteiger partial charge is 0.461 e. The molecule has 1 aromatic carbocycles. The molecule has 0 atom stereocenters. The van der Waals surface area contributed by atoms with E-state index in [9.17, 15) is 14.0 Å². The first-order chi connectivity index (χ1) is 14.4. The van der Waals surface area contributed by atoms with Crippen molar-refractivity contribution in [3.05, 3.63) is 64.8 Å². The summed E-state index contributed by atoms with van der Waals surface area (Å²) in [5, 5.41) is 3.02. The molecule has 2 heterocycles. The molecule has 3 aromatic rings. The predicted molar refractivity (Wildman–Crippen MR) is 110 cm³/mol. The van der Waals surface area contributed by atoms with Crippen LogP contribution in [0, 0.1) is 19.7 Å². The van der Waals surface area contributed by atoms with Crippen molar-refractivity contribution < 1.29 is 23.1 Å². The molecule has 30 heavy (non-hydrogen) atoms. The number of carbonyl (C=O) groups is 2. The summed E-state index contributed by atoms with van der Waals surface area (Å²) in [6.45, 7) is 2.98. The number of nitrogens with one attached hydrogen (secondary N) is 1. The van der Waals surface area contributed by atoms with Crippen LogP contribution in [0.5, 0.6) is 0 Å². The van der Waals surface area contributed by atoms with Crippen LogP contribution in [0.4, 0.5) is 4.39 Å². The van der Waals surface area contributed by atoms with Crippen molar-refractivity contribution in [3.8, 4) is 11.6 Å². The second-order valence-electron chi connectivity index (χ2n) is 6.43. The molecule has 9 heteroatoms. The highest BCUT2D eigenvalue weighted by Gasteiger charge is 2.21. The smallest absolute Gasteiger partial charge is 0.343 e. The third-order valence-electron chi connectivity index (χ3n) is 4.26. The van der Waals surface area contributed by atoms with Gasteiger partial charge in [0.05, 0.1) is 12.0 Å². The maximum atomic E-state index is 13.6. The van der Waals surface area contributed by atoms with Crippen molar-refractivity contribution in [2.75, 3.05) is 12.9 Å². The lowest BCUT2D eigenvalue weighted by Crippen LogP contribution is -2.28. The van der Waals surface area contributed by atoms with E-state index in [1.807, 2.05) is 0 Å². The fourth-order valence-electron chi connectivity index (χ4n) is 2.65. The van der Waals surface area contributed by atoms with Crippen LogP contribution in [0.3, 0.4) is 0 Å². The van der Waals surface area contributed by atoms with Crippen LogP contribution in [0.15, 0.2) is 46.0 Å². The van der Waals surface area contributed by atoms with Gasteiger partial charge in [-0.25, -0.2) is 19.2 Å². The Bertz CT molecular complexity index is 1070. The highest BCUT2D eigenvalue weighted by atomic mass is 32.2. The highest BCUT2D eigenvalue weighted by molar-refractivity contribution is 7.98. The van der Waals surface area contributed by atoms with E-state index in [2.05, 4.69) is 15.3 Å². The van der Waals surface area contributed by atoms with Gasteiger partial charge < -0.3 is 14.5 Å². The van der Waals surface area contributed by atoms with Crippen LogP contribution in [0.25, 0.3) is 11.6 Å². The van der Waals surface area contributed by atoms with Gasteiger partial charge in [0.2, 0.25) is 0 Å². The molecule has 1 N–H and O–H groups in total. The fourth-order valence-corrected chi connectivity index (χ4v) is 3.26. The van der Waals surface area contributed by atoms with E-state index in [-0.39, 0.29) is 17.9 Å². The van der Waals surface area contributed by atoms with E-state index in [0.717, 1.165) is 0 Å². The molecule has 2 aromatic heterocycles. The number of esters is 1. The zero-order valence-corrected chi connectivity index (χ0v) is 17.5. The Kier molecular flexibility index (Phi) is 6.83. The Morgan fingerprint density at radius 2 is 2.03 bits per heavy atom. The number of amides is 1. The molecule has 0 unspecified atom stereocenters. The van der Waals surface area contributed by atoms with Gasteiger partial charge in [-0.1, -0.05) is 12.1 Å². The molecule has 0 fully saturated rings. The highest BCUT2D eigenvalue weighted by Crippen LogP contribution is 2.25. The maximum absolute atomic E-state index is 13.6. The van der Waals surface area contributed by atoms with E-state index < -0.39 is 18.5 Å². The summed E-state index contributed by atoms with van der Waals surface area (Å²) in [5.74, 6) is -0.687. The second-order valence-corrected chi connectivity index (χ2v) is 7.23. The Balaban J connectivity index is 1.62. The Hall–Kier alpha value is -3.20. The lowest BCUT2D eigenvalue weighted by Gasteiger charge is -2.11. The fraction of sp³-hybridized carbons (Fsp3) is 0.238. The number of benzene rings is 1. The van der Waals surface area contributed by atoms with Crippen LogP contribution in [-0.2, 0) is 16.1 Å². The number of ether oxygens (including phenoxy) is 1. The average Bonchev–Trinajstić information content (AvgIpc) is 3.27. The van der Waals surface area contributed by atoms with Crippen LogP contribution in [0.1, 0.15) is 27.2 Å². The molecule has 0 aliphatic heterocycles. The number of hydrogen-bond donors (Lipinski definition) is 1. The molecule has 3 rings (SSSR count). The Morgan fingerprint density at radius 1 is 1.23 bits per heavy atom. The Labute approximate surface area is 177 Å². The molecule has 7 nitrogen and oxygen atoms in total. The lowest BCUT2D eigenvalue weighted by atomic mass is 10.1. The topological polar surface area (TPSA) is 94.3 Å². The minimum Gasteiger partial charge on any atom is -0.461 e. The van der Waals surface area contributed by atoms with Gasteiger partial charge in [0.15, 0.2) is 18.2 Å². The number of nitrogens with zero attached hydrogens (tertiary/aromatic N) is 2. The van der Waals surface area contributed by atoms with Crippen LogP contribution in [-0.4, -0.2) is 34.7 Å². The number of furan rings is 1. The molecule has 0 aliphatic rings. The van der Waals surface area contributed by atoms with Crippen molar-refractivity contribution in [2.24, 2.45) is 0 Å². The number of hydrogen-bond acceptors (Lipinski definition) is 7. The molecular weight excluding hydrogens is 409 g/mol. The van der Waals surface area contributed by atoms with Crippen molar-refractivity contribution in [2.45, 2.75) is 25.4 Å². The summed E-state index contributed by atoms with van der Waals surface area (Å²) in [6.07, 6.45) is 3.29. The molecule has 0 saturated carbocycles. The van der Waals surface area contributed by atoms with E-state index in [4.69, 9.17) is 9.15 Å². The third-order valence-corrected chi connectivity index (χ3v) is 4.94.